The second-order valence-electron chi connectivity index (χ2n) is 7.09. The molecule has 0 spiro atoms. The number of rotatable bonds is 4. The van der Waals surface area contributed by atoms with Crippen molar-refractivity contribution in [2.75, 3.05) is 12.4 Å². The van der Waals surface area contributed by atoms with Crippen molar-refractivity contribution in [1.29, 1.82) is 0 Å². The predicted molar refractivity (Wildman–Crippen MR) is 86.7 cm³/mol. The molecule has 2 nitrogen and oxygen atoms in total. The zero-order valence-corrected chi connectivity index (χ0v) is 13.6. The van der Waals surface area contributed by atoms with E-state index in [-0.39, 0.29) is 5.41 Å². The Labute approximate surface area is 123 Å². The van der Waals surface area contributed by atoms with Gasteiger partial charge in [-0.15, -0.1) is 0 Å². The van der Waals surface area contributed by atoms with Gasteiger partial charge in [-0.1, -0.05) is 40.2 Å². The Kier molecular flexibility index (Phi) is 4.62. The highest BCUT2D eigenvalue weighted by molar-refractivity contribution is 5.59. The smallest absolute Gasteiger partial charge is 0.141 e. The molecular weight excluding hydrogens is 246 g/mol. The van der Waals surface area contributed by atoms with Crippen LogP contribution in [0.4, 0.5) is 5.69 Å². The van der Waals surface area contributed by atoms with E-state index in [0.29, 0.717) is 6.04 Å². The zero-order valence-electron chi connectivity index (χ0n) is 13.6. The van der Waals surface area contributed by atoms with Gasteiger partial charge in [-0.25, -0.2) is 0 Å². The van der Waals surface area contributed by atoms with E-state index in [2.05, 4.69) is 51.2 Å². The summed E-state index contributed by atoms with van der Waals surface area (Å²) in [6.07, 6.45) is 5.23. The molecule has 2 unspecified atom stereocenters. The SMILES string of the molecule is CCC1CCC(Nc2cc(C(C)(C)C)ccc2OC)C1. The van der Waals surface area contributed by atoms with E-state index in [1.165, 1.54) is 31.2 Å². The van der Waals surface area contributed by atoms with E-state index >= 15 is 0 Å². The molecule has 0 radical (unpaired) electrons. The molecular formula is C18H29NO. The van der Waals surface area contributed by atoms with Crippen LogP contribution in [0.3, 0.4) is 0 Å². The van der Waals surface area contributed by atoms with Crippen LogP contribution in [0.25, 0.3) is 0 Å². The van der Waals surface area contributed by atoms with Crippen LogP contribution in [0.5, 0.6) is 5.75 Å². The van der Waals surface area contributed by atoms with Gasteiger partial charge in [0.15, 0.2) is 0 Å². The third kappa shape index (κ3) is 3.47. The molecule has 0 saturated heterocycles. The number of anilines is 1. The lowest BCUT2D eigenvalue weighted by atomic mass is 9.86. The van der Waals surface area contributed by atoms with Gasteiger partial charge in [0, 0.05) is 6.04 Å². The third-order valence-corrected chi connectivity index (χ3v) is 4.54. The maximum atomic E-state index is 5.51. The van der Waals surface area contributed by atoms with Crippen molar-refractivity contribution in [1.82, 2.24) is 0 Å². The first-order valence-electron chi connectivity index (χ1n) is 7.89. The summed E-state index contributed by atoms with van der Waals surface area (Å²) in [6, 6.07) is 7.13. The molecule has 0 aliphatic heterocycles. The molecule has 0 heterocycles. The van der Waals surface area contributed by atoms with Gasteiger partial charge in [0.05, 0.1) is 12.8 Å². The Hall–Kier alpha value is -1.18. The molecule has 1 aromatic carbocycles. The van der Waals surface area contributed by atoms with Crippen molar-refractivity contribution in [3.8, 4) is 5.75 Å². The fourth-order valence-corrected chi connectivity index (χ4v) is 3.08. The molecule has 1 aliphatic carbocycles. The minimum absolute atomic E-state index is 0.171. The van der Waals surface area contributed by atoms with E-state index in [0.717, 1.165) is 17.4 Å². The minimum Gasteiger partial charge on any atom is -0.495 e. The van der Waals surface area contributed by atoms with Crippen LogP contribution in [0, 0.1) is 5.92 Å². The van der Waals surface area contributed by atoms with Gasteiger partial charge >= 0.3 is 0 Å². The molecule has 0 aromatic heterocycles. The number of hydrogen-bond donors (Lipinski definition) is 1. The van der Waals surface area contributed by atoms with Gasteiger partial charge in [0.1, 0.15) is 5.75 Å². The Bertz CT molecular complexity index is 447. The van der Waals surface area contributed by atoms with Crippen LogP contribution < -0.4 is 10.1 Å². The molecule has 1 saturated carbocycles. The van der Waals surface area contributed by atoms with Crippen molar-refractivity contribution >= 4 is 5.69 Å². The van der Waals surface area contributed by atoms with Crippen molar-refractivity contribution in [3.63, 3.8) is 0 Å². The van der Waals surface area contributed by atoms with Crippen LogP contribution in [-0.2, 0) is 5.41 Å². The Morgan fingerprint density at radius 3 is 2.55 bits per heavy atom. The molecule has 2 heteroatoms. The molecule has 2 atom stereocenters. The van der Waals surface area contributed by atoms with Gasteiger partial charge in [-0.3, -0.25) is 0 Å². The third-order valence-electron chi connectivity index (χ3n) is 4.54. The van der Waals surface area contributed by atoms with Crippen molar-refractivity contribution in [2.45, 2.75) is 64.8 Å². The molecule has 20 heavy (non-hydrogen) atoms. The van der Waals surface area contributed by atoms with Gasteiger partial charge in [-0.05, 0) is 48.3 Å². The molecule has 0 amide bonds. The van der Waals surface area contributed by atoms with Gasteiger partial charge in [0.25, 0.3) is 0 Å². The second kappa shape index (κ2) is 6.07. The lowest BCUT2D eigenvalue weighted by molar-refractivity contribution is 0.415. The average molecular weight is 275 g/mol. The maximum Gasteiger partial charge on any atom is 0.141 e. The largest absolute Gasteiger partial charge is 0.495 e. The highest BCUT2D eigenvalue weighted by Crippen LogP contribution is 2.35. The summed E-state index contributed by atoms with van der Waals surface area (Å²) in [6.45, 7) is 9.05. The molecule has 2 rings (SSSR count). The van der Waals surface area contributed by atoms with E-state index in [1.807, 2.05) is 0 Å². The Morgan fingerprint density at radius 1 is 1.25 bits per heavy atom. The van der Waals surface area contributed by atoms with Crippen LogP contribution in [-0.4, -0.2) is 13.2 Å². The Morgan fingerprint density at radius 2 is 2.00 bits per heavy atom. The molecule has 1 fully saturated rings. The quantitative estimate of drug-likeness (QED) is 0.836. The second-order valence-corrected chi connectivity index (χ2v) is 7.09. The number of hydrogen-bond acceptors (Lipinski definition) is 2. The highest BCUT2D eigenvalue weighted by atomic mass is 16.5. The average Bonchev–Trinajstić information content (AvgIpc) is 2.85. The summed E-state index contributed by atoms with van der Waals surface area (Å²) < 4.78 is 5.51. The fourth-order valence-electron chi connectivity index (χ4n) is 3.08. The van der Waals surface area contributed by atoms with Gasteiger partial charge < -0.3 is 10.1 Å². The zero-order chi connectivity index (χ0) is 14.8. The highest BCUT2D eigenvalue weighted by Gasteiger charge is 2.24. The van der Waals surface area contributed by atoms with Crippen LogP contribution in [0.1, 0.15) is 58.9 Å². The summed E-state index contributed by atoms with van der Waals surface area (Å²) in [5.41, 5.74) is 2.68. The number of ether oxygens (including phenoxy) is 1. The normalized spacial score (nSPS) is 22.9. The molecule has 0 bridgehead atoms. The summed E-state index contributed by atoms with van der Waals surface area (Å²) in [5, 5.41) is 3.71. The standard InChI is InChI=1S/C18H29NO/c1-6-13-7-9-15(11-13)19-16-12-14(18(2,3)4)8-10-17(16)20-5/h8,10,12-13,15,19H,6-7,9,11H2,1-5H3. The fraction of sp³-hybridized carbons (Fsp3) is 0.667. The van der Waals surface area contributed by atoms with Crippen molar-refractivity contribution < 1.29 is 4.74 Å². The van der Waals surface area contributed by atoms with Gasteiger partial charge in [-0.2, -0.15) is 0 Å². The molecule has 112 valence electrons. The number of benzene rings is 1. The first kappa shape index (κ1) is 15.2. The van der Waals surface area contributed by atoms with Crippen molar-refractivity contribution in [2.24, 2.45) is 5.92 Å². The lowest BCUT2D eigenvalue weighted by Crippen LogP contribution is -2.17. The summed E-state index contributed by atoms with van der Waals surface area (Å²) in [5.74, 6) is 1.85. The van der Waals surface area contributed by atoms with Crippen molar-refractivity contribution in [3.05, 3.63) is 23.8 Å². The van der Waals surface area contributed by atoms with Crippen LogP contribution in [0.15, 0.2) is 18.2 Å². The molecule has 1 aliphatic rings. The molecule has 1 N–H and O–H groups in total. The summed E-state index contributed by atoms with van der Waals surface area (Å²) >= 11 is 0. The predicted octanol–water partition coefficient (Wildman–Crippen LogP) is 4.98. The van der Waals surface area contributed by atoms with E-state index in [4.69, 9.17) is 4.74 Å². The monoisotopic (exact) mass is 275 g/mol. The lowest BCUT2D eigenvalue weighted by Gasteiger charge is -2.23. The summed E-state index contributed by atoms with van der Waals surface area (Å²) in [7, 11) is 1.75. The molecule has 1 aromatic rings. The van der Waals surface area contributed by atoms with E-state index < -0.39 is 0 Å². The van der Waals surface area contributed by atoms with E-state index in [1.54, 1.807) is 7.11 Å². The summed E-state index contributed by atoms with van der Waals surface area (Å²) in [4.78, 5) is 0. The Balaban J connectivity index is 2.17. The topological polar surface area (TPSA) is 21.3 Å². The van der Waals surface area contributed by atoms with Gasteiger partial charge in [0.2, 0.25) is 0 Å². The van der Waals surface area contributed by atoms with E-state index in [9.17, 15) is 0 Å². The first-order chi connectivity index (χ1) is 9.44. The van der Waals surface area contributed by atoms with Crippen LogP contribution >= 0.6 is 0 Å². The number of methoxy groups -OCH3 is 1. The van der Waals surface area contributed by atoms with Crippen LogP contribution in [0.2, 0.25) is 0 Å². The first-order valence-corrected chi connectivity index (χ1v) is 7.89. The number of nitrogens with one attached hydrogen (secondary N) is 1. The minimum atomic E-state index is 0.171. The maximum absolute atomic E-state index is 5.51.